The molecule has 0 radical (unpaired) electrons. The van der Waals surface area contributed by atoms with Gasteiger partial charge in [0.2, 0.25) is 5.79 Å². The smallest absolute Gasteiger partial charge is 0.234 e. The molecule has 4 heteroatoms. The van der Waals surface area contributed by atoms with E-state index in [0.29, 0.717) is 13.2 Å². The lowest BCUT2D eigenvalue weighted by Gasteiger charge is -2.36. The minimum atomic E-state index is -0.689. The average molecular weight is 302 g/mol. The van der Waals surface area contributed by atoms with Crippen LogP contribution in [-0.4, -0.2) is 19.0 Å². The number of rotatable bonds is 12. The van der Waals surface area contributed by atoms with E-state index < -0.39 is 5.79 Å². The lowest BCUT2D eigenvalue weighted by Crippen LogP contribution is -2.40. The fourth-order valence-corrected chi connectivity index (χ4v) is 2.70. The molecule has 0 aromatic heterocycles. The van der Waals surface area contributed by atoms with Gasteiger partial charge < -0.3 is 0 Å². The van der Waals surface area contributed by atoms with Crippen molar-refractivity contribution in [1.29, 1.82) is 0 Å². The van der Waals surface area contributed by atoms with E-state index in [1.54, 1.807) is 0 Å². The molecule has 126 valence electrons. The Morgan fingerprint density at radius 2 is 1.33 bits per heavy atom. The highest BCUT2D eigenvalue weighted by Gasteiger charge is 2.40. The van der Waals surface area contributed by atoms with E-state index in [1.807, 2.05) is 0 Å². The van der Waals surface area contributed by atoms with E-state index in [9.17, 15) is 0 Å². The van der Waals surface area contributed by atoms with E-state index in [0.717, 1.165) is 57.3 Å². The number of hydrogen-bond acceptors (Lipinski definition) is 4. The van der Waals surface area contributed by atoms with Crippen molar-refractivity contribution < 1.29 is 19.6 Å². The van der Waals surface area contributed by atoms with Gasteiger partial charge in [0.1, 0.15) is 0 Å². The monoisotopic (exact) mass is 302 g/mol. The zero-order valence-corrected chi connectivity index (χ0v) is 14.2. The molecule has 0 unspecified atom stereocenters. The molecule has 0 amide bonds. The van der Waals surface area contributed by atoms with E-state index in [4.69, 9.17) is 19.6 Å². The van der Waals surface area contributed by atoms with Crippen LogP contribution in [0.4, 0.5) is 0 Å². The topological polar surface area (TPSA) is 36.9 Å². The van der Waals surface area contributed by atoms with E-state index in [-0.39, 0.29) is 0 Å². The molecule has 0 aromatic carbocycles. The highest BCUT2D eigenvalue weighted by molar-refractivity contribution is 4.78. The van der Waals surface area contributed by atoms with Crippen molar-refractivity contribution in [3.63, 3.8) is 0 Å². The van der Waals surface area contributed by atoms with Crippen molar-refractivity contribution in [2.24, 2.45) is 5.92 Å². The first-order valence-corrected chi connectivity index (χ1v) is 8.87. The lowest BCUT2D eigenvalue weighted by molar-refractivity contribution is -0.518. The van der Waals surface area contributed by atoms with Crippen molar-refractivity contribution in [1.82, 2.24) is 0 Å². The minimum Gasteiger partial charge on any atom is -0.234 e. The summed E-state index contributed by atoms with van der Waals surface area (Å²) >= 11 is 0. The molecule has 0 N–H and O–H groups in total. The van der Waals surface area contributed by atoms with Crippen molar-refractivity contribution >= 4 is 0 Å². The van der Waals surface area contributed by atoms with Gasteiger partial charge in [-0.2, -0.15) is 9.78 Å². The summed E-state index contributed by atoms with van der Waals surface area (Å²) in [6.07, 6.45) is 10.7. The first-order chi connectivity index (χ1) is 10.3. The summed E-state index contributed by atoms with van der Waals surface area (Å²) in [6, 6.07) is 0. The second kappa shape index (κ2) is 11.4. The number of unbranched alkanes of at least 4 members (excludes halogenated alkanes) is 2. The van der Waals surface area contributed by atoms with Gasteiger partial charge >= 0.3 is 0 Å². The van der Waals surface area contributed by atoms with Crippen LogP contribution in [0.15, 0.2) is 0 Å². The maximum absolute atomic E-state index is 5.63. The normalized spacial score (nSPS) is 19.0. The largest absolute Gasteiger partial charge is 0.234 e. The third kappa shape index (κ3) is 7.59. The molecule has 1 fully saturated rings. The van der Waals surface area contributed by atoms with Crippen molar-refractivity contribution in [2.45, 2.75) is 90.8 Å². The van der Waals surface area contributed by atoms with Crippen LogP contribution in [0.2, 0.25) is 0 Å². The zero-order chi connectivity index (χ0) is 15.4. The summed E-state index contributed by atoms with van der Waals surface area (Å²) in [4.78, 5) is 22.0. The van der Waals surface area contributed by atoms with E-state index in [2.05, 4.69) is 20.8 Å². The Kier molecular flexibility index (Phi) is 10.3. The van der Waals surface area contributed by atoms with Crippen LogP contribution >= 0.6 is 0 Å². The molecule has 0 spiro atoms. The molecule has 0 bridgehead atoms. The highest BCUT2D eigenvalue weighted by atomic mass is 17.3. The van der Waals surface area contributed by atoms with Gasteiger partial charge in [-0.3, -0.25) is 0 Å². The van der Waals surface area contributed by atoms with Gasteiger partial charge in [-0.05, 0) is 31.6 Å². The van der Waals surface area contributed by atoms with Crippen LogP contribution in [-0.2, 0) is 19.6 Å². The molecule has 0 aromatic rings. The highest BCUT2D eigenvalue weighted by Crippen LogP contribution is 2.38. The first-order valence-electron chi connectivity index (χ1n) is 8.87. The molecular formula is C17H34O4. The Balaban J connectivity index is 2.38. The summed E-state index contributed by atoms with van der Waals surface area (Å²) in [5.74, 6) is 0.104. The average Bonchev–Trinajstić information content (AvgIpc) is 2.51. The van der Waals surface area contributed by atoms with Gasteiger partial charge in [0.15, 0.2) is 0 Å². The summed E-state index contributed by atoms with van der Waals surface area (Å²) < 4.78 is 0. The summed E-state index contributed by atoms with van der Waals surface area (Å²) in [5.41, 5.74) is 0. The second-order valence-corrected chi connectivity index (χ2v) is 6.16. The van der Waals surface area contributed by atoms with Crippen molar-refractivity contribution in [3.05, 3.63) is 0 Å². The maximum Gasteiger partial charge on any atom is 0.234 e. The van der Waals surface area contributed by atoms with E-state index >= 15 is 0 Å². The van der Waals surface area contributed by atoms with Crippen molar-refractivity contribution in [3.8, 4) is 0 Å². The standard InChI is InChI=1S/C17H34O4/c1-4-7-14-18-20-17(21-19-15-8-5-2)12-10-16(9-6-3)11-13-17/h16H,4-15H2,1-3H3. The lowest BCUT2D eigenvalue weighted by atomic mass is 9.83. The van der Waals surface area contributed by atoms with Crippen LogP contribution in [0.5, 0.6) is 0 Å². The van der Waals surface area contributed by atoms with E-state index in [1.165, 1.54) is 12.8 Å². The third-order valence-electron chi connectivity index (χ3n) is 4.15. The second-order valence-electron chi connectivity index (χ2n) is 6.16. The molecule has 4 nitrogen and oxygen atoms in total. The molecule has 1 saturated carbocycles. The molecule has 0 heterocycles. The number of hydrogen-bond donors (Lipinski definition) is 0. The molecule has 1 rings (SSSR count). The molecule has 1 aliphatic rings. The fraction of sp³-hybridized carbons (Fsp3) is 1.00. The Hall–Kier alpha value is -0.160. The summed E-state index contributed by atoms with van der Waals surface area (Å²) in [6.45, 7) is 7.76. The van der Waals surface area contributed by atoms with Crippen LogP contribution in [0.1, 0.15) is 85.0 Å². The quantitative estimate of drug-likeness (QED) is 0.216. The summed E-state index contributed by atoms with van der Waals surface area (Å²) in [7, 11) is 0. The Labute approximate surface area is 130 Å². The van der Waals surface area contributed by atoms with Gasteiger partial charge in [0, 0.05) is 12.8 Å². The summed E-state index contributed by atoms with van der Waals surface area (Å²) in [5, 5.41) is 0. The fourth-order valence-electron chi connectivity index (χ4n) is 2.70. The SMILES string of the molecule is CCCCOOC1(OOCCCC)CCC(CCC)CC1. The van der Waals surface area contributed by atoms with Gasteiger partial charge in [-0.1, -0.05) is 46.5 Å². The maximum atomic E-state index is 5.63. The van der Waals surface area contributed by atoms with Gasteiger partial charge in [0.25, 0.3) is 0 Å². The van der Waals surface area contributed by atoms with Gasteiger partial charge in [-0.25, -0.2) is 9.78 Å². The van der Waals surface area contributed by atoms with Crippen LogP contribution in [0, 0.1) is 5.92 Å². The molecule has 21 heavy (non-hydrogen) atoms. The third-order valence-corrected chi connectivity index (χ3v) is 4.15. The zero-order valence-electron chi connectivity index (χ0n) is 14.2. The predicted molar refractivity (Wildman–Crippen MR) is 83.5 cm³/mol. The first kappa shape index (κ1) is 18.9. The molecular weight excluding hydrogens is 268 g/mol. The van der Waals surface area contributed by atoms with Crippen LogP contribution < -0.4 is 0 Å². The minimum absolute atomic E-state index is 0.620. The molecule has 0 aliphatic heterocycles. The Morgan fingerprint density at radius 1 is 0.810 bits per heavy atom. The van der Waals surface area contributed by atoms with Crippen LogP contribution in [0.3, 0.4) is 0 Å². The molecule has 1 aliphatic carbocycles. The van der Waals surface area contributed by atoms with Gasteiger partial charge in [0.05, 0.1) is 13.2 Å². The predicted octanol–water partition coefficient (Wildman–Crippen LogP) is 5.17. The molecule has 0 saturated heterocycles. The van der Waals surface area contributed by atoms with Gasteiger partial charge in [-0.15, -0.1) is 0 Å². The molecule has 0 atom stereocenters. The Morgan fingerprint density at radius 3 is 1.76 bits per heavy atom. The van der Waals surface area contributed by atoms with Crippen LogP contribution in [0.25, 0.3) is 0 Å². The van der Waals surface area contributed by atoms with Crippen molar-refractivity contribution in [2.75, 3.05) is 13.2 Å². The Bertz CT molecular complexity index is 215.